The van der Waals surface area contributed by atoms with Gasteiger partial charge in [0.15, 0.2) is 0 Å². The van der Waals surface area contributed by atoms with Crippen molar-refractivity contribution < 1.29 is 0 Å². The minimum atomic E-state index is 0.572. The van der Waals surface area contributed by atoms with Crippen molar-refractivity contribution >= 4 is 27.4 Å². The van der Waals surface area contributed by atoms with E-state index in [1.54, 1.807) is 11.3 Å². The molecule has 0 aliphatic carbocycles. The summed E-state index contributed by atoms with van der Waals surface area (Å²) in [7, 11) is 4.13. The first kappa shape index (κ1) is 14.7. The van der Waals surface area contributed by atoms with Crippen molar-refractivity contribution in [2.75, 3.05) is 32.5 Å². The lowest BCUT2D eigenvalue weighted by Crippen LogP contribution is -2.54. The van der Waals surface area contributed by atoms with Crippen molar-refractivity contribution in [2.24, 2.45) is 0 Å². The topological polar surface area (TPSA) is 44.3 Å². The number of rotatable bonds is 3. The van der Waals surface area contributed by atoms with Crippen LogP contribution < -0.4 is 5.32 Å². The molecular weight excluding hydrogens is 282 g/mol. The molecule has 0 aromatic carbocycles. The highest BCUT2D eigenvalue weighted by molar-refractivity contribution is 7.16. The number of nitrogens with zero attached hydrogens (tertiary/aromatic N) is 4. The van der Waals surface area contributed by atoms with Gasteiger partial charge in [0.2, 0.25) is 0 Å². The van der Waals surface area contributed by atoms with Gasteiger partial charge in [0.1, 0.15) is 16.5 Å². The third kappa shape index (κ3) is 2.88. The molecule has 1 N–H and O–H groups in total. The lowest BCUT2D eigenvalue weighted by Gasteiger charge is -2.42. The molecule has 0 bridgehead atoms. The Morgan fingerprint density at radius 1 is 1.29 bits per heavy atom. The van der Waals surface area contributed by atoms with Crippen molar-refractivity contribution in [3.8, 4) is 0 Å². The summed E-state index contributed by atoms with van der Waals surface area (Å²) in [5.74, 6) is 1.85. The van der Waals surface area contributed by atoms with Crippen LogP contribution in [0.5, 0.6) is 0 Å². The first-order chi connectivity index (χ1) is 10.1. The molecule has 3 heterocycles. The molecule has 1 saturated heterocycles. The van der Waals surface area contributed by atoms with Crippen LogP contribution >= 0.6 is 11.3 Å². The summed E-state index contributed by atoms with van der Waals surface area (Å²) in [5.41, 5.74) is 0. The van der Waals surface area contributed by atoms with Gasteiger partial charge in [-0.15, -0.1) is 11.3 Å². The summed E-state index contributed by atoms with van der Waals surface area (Å²) in [6.07, 6.45) is 0. The number of thiophene rings is 1. The number of fused-ring (bicyclic) bond motifs is 1. The Morgan fingerprint density at radius 2 is 2.00 bits per heavy atom. The number of aromatic nitrogens is 2. The van der Waals surface area contributed by atoms with Crippen LogP contribution in [-0.2, 0) is 6.54 Å². The first-order valence-electron chi connectivity index (χ1n) is 7.44. The van der Waals surface area contributed by atoms with Crippen molar-refractivity contribution in [3.63, 3.8) is 0 Å². The van der Waals surface area contributed by atoms with Gasteiger partial charge < -0.3 is 5.32 Å². The molecule has 3 rings (SSSR count). The normalized spacial score (nSPS) is 24.6. The van der Waals surface area contributed by atoms with Crippen LogP contribution in [0.4, 0.5) is 5.82 Å². The molecule has 1 fully saturated rings. The first-order valence-corrected chi connectivity index (χ1v) is 8.32. The maximum atomic E-state index is 4.72. The van der Waals surface area contributed by atoms with E-state index in [0.29, 0.717) is 12.1 Å². The second-order valence-corrected chi connectivity index (χ2v) is 6.83. The fourth-order valence-electron chi connectivity index (χ4n) is 3.00. The summed E-state index contributed by atoms with van der Waals surface area (Å²) >= 11 is 1.68. The summed E-state index contributed by atoms with van der Waals surface area (Å²) in [6, 6.07) is 3.22. The van der Waals surface area contributed by atoms with Gasteiger partial charge in [0.25, 0.3) is 0 Å². The zero-order valence-electron chi connectivity index (χ0n) is 13.1. The Morgan fingerprint density at radius 3 is 2.67 bits per heavy atom. The molecule has 1 aliphatic rings. The Labute approximate surface area is 130 Å². The molecule has 0 amide bonds. The Balaban J connectivity index is 1.81. The number of likely N-dealkylation sites (N-methyl/N-ethyl adjacent to an activating group) is 1. The van der Waals surface area contributed by atoms with E-state index in [0.717, 1.165) is 41.5 Å². The van der Waals surface area contributed by atoms with Gasteiger partial charge in [-0.3, -0.25) is 9.80 Å². The lowest BCUT2D eigenvalue weighted by atomic mass is 10.1. The van der Waals surface area contributed by atoms with E-state index in [4.69, 9.17) is 4.98 Å². The van der Waals surface area contributed by atoms with Crippen molar-refractivity contribution in [1.29, 1.82) is 0 Å². The highest BCUT2D eigenvalue weighted by Gasteiger charge is 2.27. The predicted molar refractivity (Wildman–Crippen MR) is 88.9 cm³/mol. The highest BCUT2D eigenvalue weighted by Crippen LogP contribution is 2.25. The third-order valence-corrected chi connectivity index (χ3v) is 5.22. The van der Waals surface area contributed by atoms with Crippen LogP contribution in [0.3, 0.4) is 0 Å². The predicted octanol–water partition coefficient (Wildman–Crippen LogP) is 2.26. The van der Waals surface area contributed by atoms with Gasteiger partial charge >= 0.3 is 0 Å². The molecule has 0 saturated carbocycles. The molecule has 21 heavy (non-hydrogen) atoms. The molecule has 1 aliphatic heterocycles. The molecule has 2 aromatic rings. The van der Waals surface area contributed by atoms with Gasteiger partial charge in [-0.05, 0) is 32.3 Å². The number of piperazine rings is 1. The molecule has 2 aromatic heterocycles. The Hall–Kier alpha value is -1.24. The Kier molecular flexibility index (Phi) is 4.10. The summed E-state index contributed by atoms with van der Waals surface area (Å²) in [6.45, 7) is 7.53. The third-order valence-electron chi connectivity index (χ3n) is 4.41. The van der Waals surface area contributed by atoms with Crippen LogP contribution in [0.1, 0.15) is 19.7 Å². The van der Waals surface area contributed by atoms with Crippen molar-refractivity contribution in [3.05, 3.63) is 17.3 Å². The smallest absolute Gasteiger partial charge is 0.146 e. The fraction of sp³-hybridized carbons (Fsp3) is 0.600. The summed E-state index contributed by atoms with van der Waals surface area (Å²) in [5, 5.41) is 6.38. The van der Waals surface area contributed by atoms with E-state index >= 15 is 0 Å². The van der Waals surface area contributed by atoms with Crippen molar-refractivity contribution in [2.45, 2.75) is 32.5 Å². The standard InChI is InChI=1S/C15H23N5S/c1-10-7-20(8-11(2)19(10)4)9-13-17-14(16-3)12-5-6-21-15(12)18-13/h5-6,10-11H,7-9H2,1-4H3,(H,16,17,18). The number of nitrogens with one attached hydrogen (secondary N) is 1. The van der Waals surface area contributed by atoms with Gasteiger partial charge in [-0.25, -0.2) is 9.97 Å². The molecule has 2 atom stereocenters. The van der Waals surface area contributed by atoms with E-state index in [-0.39, 0.29) is 0 Å². The lowest BCUT2D eigenvalue weighted by molar-refractivity contribution is 0.0542. The van der Waals surface area contributed by atoms with E-state index < -0.39 is 0 Å². The minimum Gasteiger partial charge on any atom is -0.372 e. The average molecular weight is 305 g/mol. The highest BCUT2D eigenvalue weighted by atomic mass is 32.1. The van der Waals surface area contributed by atoms with Crippen LogP contribution in [-0.4, -0.2) is 59.0 Å². The van der Waals surface area contributed by atoms with E-state index in [1.165, 1.54) is 0 Å². The number of hydrogen-bond acceptors (Lipinski definition) is 6. The van der Waals surface area contributed by atoms with Crippen LogP contribution in [0.25, 0.3) is 10.2 Å². The van der Waals surface area contributed by atoms with Crippen molar-refractivity contribution in [1.82, 2.24) is 19.8 Å². The SMILES string of the molecule is CNc1nc(CN2CC(C)N(C)C(C)C2)nc2sccc12. The van der Waals surface area contributed by atoms with E-state index in [1.807, 2.05) is 7.05 Å². The zero-order chi connectivity index (χ0) is 15.0. The van der Waals surface area contributed by atoms with E-state index in [9.17, 15) is 0 Å². The number of anilines is 1. The summed E-state index contributed by atoms with van der Waals surface area (Å²) < 4.78 is 0. The largest absolute Gasteiger partial charge is 0.372 e. The quantitative estimate of drug-likeness (QED) is 0.942. The van der Waals surface area contributed by atoms with Crippen LogP contribution in [0, 0.1) is 0 Å². The van der Waals surface area contributed by atoms with Gasteiger partial charge in [-0.2, -0.15) is 0 Å². The average Bonchev–Trinajstić information content (AvgIpc) is 2.92. The molecule has 114 valence electrons. The molecule has 0 radical (unpaired) electrons. The second-order valence-electron chi connectivity index (χ2n) is 5.94. The van der Waals surface area contributed by atoms with Gasteiger partial charge in [0, 0.05) is 32.2 Å². The molecule has 0 spiro atoms. The zero-order valence-corrected chi connectivity index (χ0v) is 13.9. The van der Waals surface area contributed by atoms with Gasteiger partial charge in [-0.1, -0.05) is 0 Å². The Bertz CT molecular complexity index is 614. The fourth-order valence-corrected chi connectivity index (χ4v) is 3.79. The molecular formula is C15H23N5S. The van der Waals surface area contributed by atoms with Crippen LogP contribution in [0.15, 0.2) is 11.4 Å². The van der Waals surface area contributed by atoms with Crippen LogP contribution in [0.2, 0.25) is 0 Å². The molecule has 5 nitrogen and oxygen atoms in total. The second kappa shape index (κ2) is 5.87. The maximum absolute atomic E-state index is 4.72. The minimum absolute atomic E-state index is 0.572. The van der Waals surface area contributed by atoms with Gasteiger partial charge in [0.05, 0.1) is 11.9 Å². The molecule has 2 unspecified atom stereocenters. The van der Waals surface area contributed by atoms with E-state index in [2.05, 4.69) is 52.4 Å². The molecule has 6 heteroatoms. The monoisotopic (exact) mass is 305 g/mol. The summed E-state index contributed by atoms with van der Waals surface area (Å²) in [4.78, 5) is 15.4. The maximum Gasteiger partial charge on any atom is 0.146 e. The number of hydrogen-bond donors (Lipinski definition) is 1.